The summed E-state index contributed by atoms with van der Waals surface area (Å²) >= 11 is 0. The summed E-state index contributed by atoms with van der Waals surface area (Å²) in [5, 5.41) is 0. The van der Waals surface area contributed by atoms with E-state index in [1.807, 2.05) is 61.2 Å². The second kappa shape index (κ2) is 8.34. The molecule has 4 rings (SSSR count). The first-order valence-corrected chi connectivity index (χ1v) is 10.7. The average molecular weight is 405 g/mol. The number of amides is 2. The van der Waals surface area contributed by atoms with E-state index in [-0.39, 0.29) is 17.9 Å². The molecule has 5 nitrogen and oxygen atoms in total. The van der Waals surface area contributed by atoms with Crippen molar-refractivity contribution in [1.29, 1.82) is 0 Å². The molecule has 0 radical (unpaired) electrons. The lowest BCUT2D eigenvalue weighted by molar-refractivity contribution is -0.138. The van der Waals surface area contributed by atoms with E-state index in [0.717, 1.165) is 42.8 Å². The van der Waals surface area contributed by atoms with Crippen molar-refractivity contribution < 1.29 is 14.3 Å². The van der Waals surface area contributed by atoms with E-state index in [4.69, 9.17) is 4.74 Å². The number of hydrogen-bond donors (Lipinski definition) is 0. The van der Waals surface area contributed by atoms with Crippen LogP contribution in [0, 0.1) is 0 Å². The number of imide groups is 1. The van der Waals surface area contributed by atoms with Crippen molar-refractivity contribution in [2.24, 2.45) is 0 Å². The molecule has 5 heteroatoms. The van der Waals surface area contributed by atoms with Crippen molar-refractivity contribution in [3.8, 4) is 5.75 Å². The zero-order chi connectivity index (χ0) is 21.3. The third-order valence-electron chi connectivity index (χ3n) is 5.60. The van der Waals surface area contributed by atoms with Gasteiger partial charge in [-0.05, 0) is 62.4 Å². The van der Waals surface area contributed by atoms with Crippen molar-refractivity contribution in [2.45, 2.75) is 46.1 Å². The number of nitrogens with zero attached hydrogens (tertiary/aromatic N) is 2. The van der Waals surface area contributed by atoms with Crippen molar-refractivity contribution in [3.63, 3.8) is 0 Å². The molecule has 0 N–H and O–H groups in total. The van der Waals surface area contributed by atoms with Gasteiger partial charge in [0, 0.05) is 18.3 Å². The first-order valence-electron chi connectivity index (χ1n) is 10.7. The summed E-state index contributed by atoms with van der Waals surface area (Å²) in [6.07, 6.45) is 2.86. The van der Waals surface area contributed by atoms with E-state index >= 15 is 0 Å². The van der Waals surface area contributed by atoms with Gasteiger partial charge >= 0.3 is 0 Å². The Labute approximate surface area is 177 Å². The Morgan fingerprint density at radius 1 is 1.00 bits per heavy atom. The number of ether oxygens (including phenoxy) is 1. The Balaban J connectivity index is 1.82. The zero-order valence-corrected chi connectivity index (χ0v) is 17.9. The predicted molar refractivity (Wildman–Crippen MR) is 118 cm³/mol. The molecule has 0 aliphatic carbocycles. The first kappa shape index (κ1) is 20.2. The number of hydrogen-bond acceptors (Lipinski definition) is 4. The number of rotatable bonds is 6. The number of fused-ring (bicyclic) bond motifs is 1. The number of benzene rings is 2. The number of aryl methyl sites for hydroxylation is 1. The summed E-state index contributed by atoms with van der Waals surface area (Å²) in [6.45, 7) is 7.19. The third-order valence-corrected chi connectivity index (χ3v) is 5.60. The highest BCUT2D eigenvalue weighted by molar-refractivity contribution is 6.37. The van der Waals surface area contributed by atoms with E-state index in [1.54, 1.807) is 0 Å². The zero-order valence-electron chi connectivity index (χ0n) is 17.9. The lowest BCUT2D eigenvalue weighted by Gasteiger charge is -2.32. The molecule has 0 saturated carbocycles. The van der Waals surface area contributed by atoms with E-state index in [1.165, 1.54) is 10.5 Å². The lowest BCUT2D eigenvalue weighted by atomic mass is 9.98. The summed E-state index contributed by atoms with van der Waals surface area (Å²) in [5.41, 5.74) is 3.95. The quantitative estimate of drug-likeness (QED) is 0.669. The molecule has 0 spiro atoms. The molecule has 0 aromatic heterocycles. The Bertz CT molecular complexity index is 992. The van der Waals surface area contributed by atoms with Crippen molar-refractivity contribution >= 4 is 23.1 Å². The van der Waals surface area contributed by atoms with Crippen LogP contribution in [0.3, 0.4) is 0 Å². The molecule has 0 saturated heterocycles. The highest BCUT2D eigenvalue weighted by Crippen LogP contribution is 2.38. The normalized spacial score (nSPS) is 16.5. The summed E-state index contributed by atoms with van der Waals surface area (Å²) in [5.74, 6) is 0.326. The smallest absolute Gasteiger partial charge is 0.278 e. The Hall–Kier alpha value is -3.08. The maximum absolute atomic E-state index is 13.4. The third kappa shape index (κ3) is 3.49. The molecule has 0 fully saturated rings. The van der Waals surface area contributed by atoms with Crippen LogP contribution in [0.25, 0.3) is 5.57 Å². The Morgan fingerprint density at radius 2 is 1.73 bits per heavy atom. The molecular formula is C25H28N2O3. The standard InChI is InChI=1S/C25H28N2O3/c1-4-16-30-20-13-11-19(12-14-20)22-23(25(29)27(17(2)3)24(22)28)26-15-7-9-18-8-5-6-10-21(18)26/h5-6,8,10-14,17H,4,7,9,15-16H2,1-3H3. The molecular weight excluding hydrogens is 376 g/mol. The summed E-state index contributed by atoms with van der Waals surface area (Å²) in [4.78, 5) is 30.2. The van der Waals surface area contributed by atoms with Crippen LogP contribution in [0.15, 0.2) is 54.2 Å². The highest BCUT2D eigenvalue weighted by Gasteiger charge is 2.43. The number of carbonyl (C=O) groups is 2. The summed E-state index contributed by atoms with van der Waals surface area (Å²) in [6, 6.07) is 15.4. The molecule has 2 heterocycles. The molecule has 2 aromatic rings. The van der Waals surface area contributed by atoms with Crippen LogP contribution < -0.4 is 9.64 Å². The van der Waals surface area contributed by atoms with Gasteiger partial charge in [-0.3, -0.25) is 14.5 Å². The molecule has 2 aliphatic rings. The van der Waals surface area contributed by atoms with Crippen LogP contribution >= 0.6 is 0 Å². The predicted octanol–water partition coefficient (Wildman–Crippen LogP) is 4.42. The van der Waals surface area contributed by atoms with E-state index in [2.05, 4.69) is 13.0 Å². The van der Waals surface area contributed by atoms with E-state index in [9.17, 15) is 9.59 Å². The first-order chi connectivity index (χ1) is 14.5. The van der Waals surface area contributed by atoms with Gasteiger partial charge in [0.15, 0.2) is 0 Å². The minimum absolute atomic E-state index is 0.204. The van der Waals surface area contributed by atoms with Gasteiger partial charge in [-0.25, -0.2) is 0 Å². The lowest BCUT2D eigenvalue weighted by Crippen LogP contribution is -2.40. The largest absolute Gasteiger partial charge is 0.494 e. The Morgan fingerprint density at radius 3 is 2.43 bits per heavy atom. The van der Waals surface area contributed by atoms with Crippen LogP contribution in [0.4, 0.5) is 5.69 Å². The minimum atomic E-state index is -0.227. The summed E-state index contributed by atoms with van der Waals surface area (Å²) in [7, 11) is 0. The van der Waals surface area contributed by atoms with Crippen molar-refractivity contribution in [2.75, 3.05) is 18.1 Å². The molecule has 2 aliphatic heterocycles. The molecule has 2 amide bonds. The van der Waals surface area contributed by atoms with Gasteiger partial charge in [0.1, 0.15) is 11.4 Å². The summed E-state index contributed by atoms with van der Waals surface area (Å²) < 4.78 is 5.68. The maximum Gasteiger partial charge on any atom is 0.278 e. The van der Waals surface area contributed by atoms with Crippen LogP contribution in [-0.2, 0) is 16.0 Å². The second-order valence-electron chi connectivity index (χ2n) is 8.05. The van der Waals surface area contributed by atoms with E-state index < -0.39 is 0 Å². The van der Waals surface area contributed by atoms with Gasteiger partial charge < -0.3 is 9.64 Å². The highest BCUT2D eigenvalue weighted by atomic mass is 16.5. The SMILES string of the molecule is CCCOc1ccc(C2=C(N3CCCc4ccccc43)C(=O)N(C(C)C)C2=O)cc1. The molecule has 30 heavy (non-hydrogen) atoms. The number of anilines is 1. The maximum atomic E-state index is 13.4. The topological polar surface area (TPSA) is 49.9 Å². The van der Waals surface area contributed by atoms with Gasteiger partial charge in [0.25, 0.3) is 11.8 Å². The van der Waals surface area contributed by atoms with Gasteiger partial charge in [0.05, 0.1) is 12.2 Å². The molecule has 156 valence electrons. The molecule has 0 atom stereocenters. The fourth-order valence-electron chi connectivity index (χ4n) is 4.22. The van der Waals surface area contributed by atoms with Gasteiger partial charge in [-0.1, -0.05) is 37.3 Å². The van der Waals surface area contributed by atoms with Crippen LogP contribution in [0.5, 0.6) is 5.75 Å². The monoisotopic (exact) mass is 404 g/mol. The van der Waals surface area contributed by atoms with Gasteiger partial charge in [-0.2, -0.15) is 0 Å². The Kier molecular flexibility index (Phi) is 5.62. The fourth-order valence-corrected chi connectivity index (χ4v) is 4.22. The van der Waals surface area contributed by atoms with Crippen LogP contribution in [-0.4, -0.2) is 35.9 Å². The van der Waals surface area contributed by atoms with Gasteiger partial charge in [0.2, 0.25) is 0 Å². The molecule has 2 aromatic carbocycles. The van der Waals surface area contributed by atoms with Crippen LogP contribution in [0.1, 0.15) is 44.7 Å². The van der Waals surface area contributed by atoms with Crippen molar-refractivity contribution in [3.05, 3.63) is 65.4 Å². The van der Waals surface area contributed by atoms with Crippen molar-refractivity contribution in [1.82, 2.24) is 4.90 Å². The van der Waals surface area contributed by atoms with Gasteiger partial charge in [-0.15, -0.1) is 0 Å². The van der Waals surface area contributed by atoms with Crippen LogP contribution in [0.2, 0.25) is 0 Å². The number of carbonyl (C=O) groups excluding carboxylic acids is 2. The second-order valence-corrected chi connectivity index (χ2v) is 8.05. The number of para-hydroxylation sites is 1. The fraction of sp³-hybridized carbons (Fsp3) is 0.360. The molecule has 0 unspecified atom stereocenters. The molecule has 0 bridgehead atoms. The minimum Gasteiger partial charge on any atom is -0.494 e. The average Bonchev–Trinajstić information content (AvgIpc) is 3.02. The van der Waals surface area contributed by atoms with E-state index in [0.29, 0.717) is 17.9 Å².